The smallest absolute Gasteiger partial charge is 0.0268 e. The molecular formula is H3N3S5. The number of hydrogen-bond donors (Lipinski definition) is 3. The largest absolute Gasteiger partial charge is 0.183 e. The third-order valence-corrected chi connectivity index (χ3v) is 5.17. The van der Waals surface area contributed by atoms with Crippen LogP contribution in [0.15, 0.2) is 0 Å². The van der Waals surface area contributed by atoms with Crippen molar-refractivity contribution in [3.63, 3.8) is 0 Å². The van der Waals surface area contributed by atoms with Gasteiger partial charge in [-0.05, 0) is 0 Å². The van der Waals surface area contributed by atoms with Crippen molar-refractivity contribution >= 4 is 56.1 Å². The van der Waals surface area contributed by atoms with E-state index in [0.717, 1.165) is 0 Å². The van der Waals surface area contributed by atoms with Gasteiger partial charge in [0.05, 0.1) is 0 Å². The highest BCUT2D eigenvalue weighted by molar-refractivity contribution is 9.09. The van der Waals surface area contributed by atoms with Crippen molar-refractivity contribution in [2.75, 3.05) is 0 Å². The highest BCUT2D eigenvalue weighted by Crippen LogP contribution is 2.33. The van der Waals surface area contributed by atoms with Gasteiger partial charge < -0.3 is 0 Å². The molecule has 3 nitrogen and oxygen atoms in total. The number of hydrogen-bond acceptors (Lipinski definition) is 8. The maximum absolute atomic E-state index is 2.99. The van der Waals surface area contributed by atoms with E-state index in [4.69, 9.17) is 0 Å². The Hall–Kier alpha value is 1.63. The molecule has 0 spiro atoms. The molecule has 1 fully saturated rings. The van der Waals surface area contributed by atoms with Crippen LogP contribution in [0.4, 0.5) is 0 Å². The summed E-state index contributed by atoms with van der Waals surface area (Å²) < 4.78 is 8.92. The Morgan fingerprint density at radius 3 is 2.00 bits per heavy atom. The van der Waals surface area contributed by atoms with E-state index in [1.165, 1.54) is 24.3 Å². The number of nitrogens with one attached hydrogen (secondary N) is 3. The Bertz CT molecular complexity index is 31.6. The standard InChI is InChI=1S/H3N3S5/c1-4-2-6-8-7-3-5-1/h1-3H. The summed E-state index contributed by atoms with van der Waals surface area (Å²) in [4.78, 5) is 0. The minimum atomic E-state index is 1.46. The molecule has 0 unspecified atom stereocenters. The van der Waals surface area contributed by atoms with Gasteiger partial charge in [0.2, 0.25) is 0 Å². The fourth-order valence-electron chi connectivity index (χ4n) is 0.134. The van der Waals surface area contributed by atoms with Crippen molar-refractivity contribution in [3.05, 3.63) is 0 Å². The van der Waals surface area contributed by atoms with Crippen molar-refractivity contribution in [3.8, 4) is 0 Å². The average molecular weight is 205 g/mol. The third kappa shape index (κ3) is 3.62. The first-order valence-corrected chi connectivity index (χ1v) is 6.67. The monoisotopic (exact) mass is 205 g/mol. The van der Waals surface area contributed by atoms with Gasteiger partial charge in [0, 0.05) is 56.1 Å². The van der Waals surface area contributed by atoms with Crippen LogP contribution in [0.3, 0.4) is 0 Å². The Balaban J connectivity index is 2.00. The molecule has 1 aliphatic rings. The van der Waals surface area contributed by atoms with Crippen LogP contribution < -0.4 is 12.4 Å². The molecule has 0 aromatic carbocycles. The second-order valence-corrected chi connectivity index (χ2v) is 6.20. The zero-order valence-electron chi connectivity index (χ0n) is 3.54. The van der Waals surface area contributed by atoms with Crippen LogP contribution in [0.5, 0.6) is 0 Å². The molecule has 1 saturated heterocycles. The van der Waals surface area contributed by atoms with Gasteiger partial charge in [-0.3, -0.25) is 0 Å². The first-order chi connectivity index (χ1) is 4.00. The Kier molecular flexibility index (Phi) is 5.24. The lowest BCUT2D eigenvalue weighted by Gasteiger charge is -2.06. The summed E-state index contributed by atoms with van der Waals surface area (Å²) in [6, 6.07) is 0. The van der Waals surface area contributed by atoms with E-state index < -0.39 is 0 Å². The normalized spacial score (nSPS) is 24.0. The van der Waals surface area contributed by atoms with E-state index >= 15 is 0 Å². The molecule has 0 aliphatic carbocycles. The van der Waals surface area contributed by atoms with Gasteiger partial charge in [-0.25, -0.2) is 0 Å². The van der Waals surface area contributed by atoms with Gasteiger partial charge in [0.1, 0.15) is 0 Å². The Labute approximate surface area is 68.2 Å². The Morgan fingerprint density at radius 2 is 1.38 bits per heavy atom. The highest BCUT2D eigenvalue weighted by Gasteiger charge is 1.95. The lowest BCUT2D eigenvalue weighted by atomic mass is 13.8. The minimum Gasteiger partial charge on any atom is -0.183 e. The highest BCUT2D eigenvalue weighted by atomic mass is 33.5. The molecule has 1 heterocycles. The Morgan fingerprint density at radius 1 is 0.750 bits per heavy atom. The molecule has 0 aromatic rings. The van der Waals surface area contributed by atoms with Gasteiger partial charge in [0.25, 0.3) is 0 Å². The third-order valence-electron chi connectivity index (χ3n) is 0.303. The van der Waals surface area contributed by atoms with Gasteiger partial charge in [0.15, 0.2) is 0 Å². The molecule has 1 rings (SSSR count). The van der Waals surface area contributed by atoms with E-state index in [0.29, 0.717) is 0 Å². The van der Waals surface area contributed by atoms with Gasteiger partial charge in [-0.1, -0.05) is 0 Å². The van der Waals surface area contributed by atoms with Gasteiger partial charge in [-0.15, -0.1) is 0 Å². The summed E-state index contributed by atoms with van der Waals surface area (Å²) in [7, 11) is 4.83. The zero-order valence-corrected chi connectivity index (χ0v) is 7.62. The predicted octanol–water partition coefficient (Wildman–Crippen LogP) is 1.75. The summed E-state index contributed by atoms with van der Waals surface area (Å²) in [5.74, 6) is 0. The molecule has 0 radical (unpaired) electrons. The lowest BCUT2D eigenvalue weighted by molar-refractivity contribution is 1.60. The van der Waals surface area contributed by atoms with Crippen LogP contribution in [-0.4, -0.2) is 0 Å². The van der Waals surface area contributed by atoms with Crippen molar-refractivity contribution in [2.24, 2.45) is 0 Å². The lowest BCUT2D eigenvalue weighted by Crippen LogP contribution is -2.05. The first kappa shape index (κ1) is 7.73. The molecule has 8 heavy (non-hydrogen) atoms. The quantitative estimate of drug-likeness (QED) is 0.408. The first-order valence-electron chi connectivity index (χ1n) is 1.56. The minimum absolute atomic E-state index is 1.46. The van der Waals surface area contributed by atoms with Crippen molar-refractivity contribution in [1.29, 1.82) is 0 Å². The summed E-state index contributed by atoms with van der Waals surface area (Å²) in [5.41, 5.74) is 0. The summed E-state index contributed by atoms with van der Waals surface area (Å²) in [6.07, 6.45) is 0. The summed E-state index contributed by atoms with van der Waals surface area (Å²) >= 11 is 2.92. The van der Waals surface area contributed by atoms with Crippen LogP contribution in [-0.2, 0) is 0 Å². The van der Waals surface area contributed by atoms with Crippen LogP contribution in [0, 0.1) is 0 Å². The van der Waals surface area contributed by atoms with Crippen LogP contribution in [0.25, 0.3) is 0 Å². The van der Waals surface area contributed by atoms with Crippen LogP contribution in [0.2, 0.25) is 0 Å². The average Bonchev–Trinajstić information content (AvgIpc) is 1.62. The molecule has 8 heteroatoms. The van der Waals surface area contributed by atoms with Crippen LogP contribution >= 0.6 is 56.1 Å². The van der Waals surface area contributed by atoms with E-state index in [1.807, 2.05) is 0 Å². The fourth-order valence-corrected chi connectivity index (χ4v) is 4.73. The topological polar surface area (TPSA) is 36.1 Å². The van der Waals surface area contributed by atoms with E-state index in [2.05, 4.69) is 12.4 Å². The molecule has 0 bridgehead atoms. The molecule has 1 aliphatic heterocycles. The molecule has 3 N–H and O–H groups in total. The van der Waals surface area contributed by atoms with Crippen molar-refractivity contribution in [2.45, 2.75) is 0 Å². The summed E-state index contributed by atoms with van der Waals surface area (Å²) in [6.45, 7) is 0. The zero-order chi connectivity index (χ0) is 5.66. The molecular weight excluding hydrogens is 202 g/mol. The molecule has 0 saturated carbocycles. The molecule has 0 amide bonds. The SMILES string of the molecule is N1SNSSSNS1. The fraction of sp³-hybridized carbons (Fsp3) is 0. The van der Waals surface area contributed by atoms with Gasteiger partial charge >= 0.3 is 0 Å². The molecule has 0 aromatic heterocycles. The molecule has 0 atom stereocenters. The van der Waals surface area contributed by atoms with Gasteiger partial charge in [-0.2, -0.15) is 12.4 Å². The second-order valence-electron chi connectivity index (χ2n) is 0.689. The van der Waals surface area contributed by atoms with Crippen LogP contribution in [0.1, 0.15) is 0 Å². The predicted molar refractivity (Wildman–Crippen MR) is 47.4 cm³/mol. The van der Waals surface area contributed by atoms with E-state index in [-0.39, 0.29) is 0 Å². The van der Waals surface area contributed by atoms with E-state index in [9.17, 15) is 0 Å². The maximum atomic E-state index is 2.99. The number of rotatable bonds is 0. The van der Waals surface area contributed by atoms with E-state index in [1.54, 1.807) is 31.8 Å². The maximum Gasteiger partial charge on any atom is 0.0268 e. The second kappa shape index (κ2) is 5.42. The van der Waals surface area contributed by atoms with Crippen molar-refractivity contribution < 1.29 is 0 Å². The summed E-state index contributed by atoms with van der Waals surface area (Å²) in [5, 5.41) is 0. The van der Waals surface area contributed by atoms with Crippen molar-refractivity contribution in [1.82, 2.24) is 12.4 Å². The molecule has 48 valence electrons.